The van der Waals surface area contributed by atoms with Crippen LogP contribution in [0.5, 0.6) is 5.75 Å². The van der Waals surface area contributed by atoms with Crippen LogP contribution in [0.3, 0.4) is 0 Å². The lowest BCUT2D eigenvalue weighted by Gasteiger charge is -2.10. The molecule has 4 aromatic carbocycles. The van der Waals surface area contributed by atoms with Crippen molar-refractivity contribution in [3.8, 4) is 5.75 Å². The second kappa shape index (κ2) is 7.02. The van der Waals surface area contributed by atoms with Gasteiger partial charge in [0.15, 0.2) is 0 Å². The van der Waals surface area contributed by atoms with E-state index in [1.165, 1.54) is 0 Å². The third kappa shape index (κ3) is 3.52. The lowest BCUT2D eigenvalue weighted by Crippen LogP contribution is -2.23. The zero-order valence-corrected chi connectivity index (χ0v) is 15.7. The Morgan fingerprint density at radius 1 is 0.815 bits per heavy atom. The Hall–Kier alpha value is -2.89. The fourth-order valence-corrected chi connectivity index (χ4v) is 4.24. The number of sulfonamides is 1. The Bertz CT molecular complexity index is 1230. The Morgan fingerprint density at radius 3 is 2.41 bits per heavy atom. The predicted molar refractivity (Wildman–Crippen MR) is 108 cm³/mol. The first-order chi connectivity index (χ1) is 13.1. The molecule has 5 heteroatoms. The maximum absolute atomic E-state index is 12.8. The number of nitrogens with one attached hydrogen (secondary N) is 1. The van der Waals surface area contributed by atoms with Gasteiger partial charge in [0, 0.05) is 6.54 Å². The van der Waals surface area contributed by atoms with Crippen molar-refractivity contribution in [1.29, 1.82) is 0 Å². The van der Waals surface area contributed by atoms with Gasteiger partial charge in [0.25, 0.3) is 0 Å². The van der Waals surface area contributed by atoms with Gasteiger partial charge in [0.1, 0.15) is 5.75 Å². The molecule has 0 spiro atoms. The van der Waals surface area contributed by atoms with E-state index in [9.17, 15) is 8.42 Å². The predicted octanol–water partition coefficient (Wildman–Crippen LogP) is 4.48. The van der Waals surface area contributed by atoms with Gasteiger partial charge in [0.05, 0.1) is 12.0 Å². The van der Waals surface area contributed by atoms with E-state index in [1.807, 2.05) is 60.7 Å². The molecule has 0 aliphatic heterocycles. The molecule has 0 bridgehead atoms. The Labute approximate surface area is 158 Å². The summed E-state index contributed by atoms with van der Waals surface area (Å²) >= 11 is 0. The van der Waals surface area contributed by atoms with Crippen molar-refractivity contribution in [2.75, 3.05) is 7.11 Å². The molecule has 0 unspecified atom stereocenters. The van der Waals surface area contributed by atoms with Crippen molar-refractivity contribution >= 4 is 31.6 Å². The molecule has 0 fully saturated rings. The Morgan fingerprint density at radius 2 is 1.56 bits per heavy atom. The average molecular weight is 377 g/mol. The first kappa shape index (κ1) is 17.5. The zero-order chi connectivity index (χ0) is 18.9. The van der Waals surface area contributed by atoms with Gasteiger partial charge in [-0.25, -0.2) is 13.1 Å². The summed E-state index contributed by atoms with van der Waals surface area (Å²) in [5, 5.41) is 3.92. The number of fused-ring (bicyclic) bond motifs is 2. The molecule has 27 heavy (non-hydrogen) atoms. The minimum atomic E-state index is -3.62. The average Bonchev–Trinajstić information content (AvgIpc) is 2.71. The maximum Gasteiger partial charge on any atom is 0.240 e. The minimum absolute atomic E-state index is 0.240. The third-order valence-electron chi connectivity index (χ3n) is 4.66. The lowest BCUT2D eigenvalue weighted by molar-refractivity contribution is 0.415. The molecular weight excluding hydrogens is 358 g/mol. The van der Waals surface area contributed by atoms with Crippen LogP contribution in [0.4, 0.5) is 0 Å². The van der Waals surface area contributed by atoms with E-state index < -0.39 is 10.0 Å². The number of ether oxygens (including phenoxy) is 1. The fourth-order valence-electron chi connectivity index (χ4n) is 3.20. The summed E-state index contributed by atoms with van der Waals surface area (Å²) in [7, 11) is -2.01. The monoisotopic (exact) mass is 377 g/mol. The minimum Gasteiger partial charge on any atom is -0.497 e. The zero-order valence-electron chi connectivity index (χ0n) is 14.8. The highest BCUT2D eigenvalue weighted by molar-refractivity contribution is 7.89. The Balaban J connectivity index is 1.62. The number of hydrogen-bond donors (Lipinski definition) is 1. The van der Waals surface area contributed by atoms with E-state index in [0.29, 0.717) is 0 Å². The summed E-state index contributed by atoms with van der Waals surface area (Å²) in [5.74, 6) is 0.743. The van der Waals surface area contributed by atoms with E-state index in [4.69, 9.17) is 4.74 Å². The van der Waals surface area contributed by atoms with E-state index in [-0.39, 0.29) is 11.4 Å². The van der Waals surface area contributed by atoms with E-state index in [1.54, 1.807) is 25.3 Å². The normalized spacial score (nSPS) is 11.7. The van der Waals surface area contributed by atoms with Crippen LogP contribution < -0.4 is 9.46 Å². The van der Waals surface area contributed by atoms with Crippen LogP contribution in [-0.2, 0) is 16.6 Å². The van der Waals surface area contributed by atoms with Crippen LogP contribution in [0.25, 0.3) is 21.5 Å². The molecule has 0 heterocycles. The molecule has 0 amide bonds. The van der Waals surface area contributed by atoms with E-state index in [2.05, 4.69) is 4.72 Å². The molecule has 0 aliphatic carbocycles. The van der Waals surface area contributed by atoms with Gasteiger partial charge in [0.2, 0.25) is 10.0 Å². The van der Waals surface area contributed by atoms with Crippen LogP contribution in [-0.4, -0.2) is 15.5 Å². The molecule has 136 valence electrons. The summed E-state index contributed by atoms with van der Waals surface area (Å²) in [6.07, 6.45) is 0. The van der Waals surface area contributed by atoms with Gasteiger partial charge >= 0.3 is 0 Å². The second-order valence-corrected chi connectivity index (χ2v) is 8.10. The molecule has 0 radical (unpaired) electrons. The lowest BCUT2D eigenvalue weighted by atomic mass is 10.1. The number of methoxy groups -OCH3 is 1. The Kier molecular flexibility index (Phi) is 4.56. The molecular formula is C22H19NO3S. The van der Waals surface area contributed by atoms with Crippen LogP contribution in [0.1, 0.15) is 5.56 Å². The standard InChI is InChI=1S/C22H19NO3S/c1-26-20-11-9-18-14-21(12-10-17(18)13-20)27(24,25)23-15-19-7-4-6-16-5-2-3-8-22(16)19/h2-14,23H,15H2,1H3. The van der Waals surface area contributed by atoms with Gasteiger partial charge in [-0.3, -0.25) is 0 Å². The highest BCUT2D eigenvalue weighted by atomic mass is 32.2. The van der Waals surface area contributed by atoms with Crippen molar-refractivity contribution in [2.45, 2.75) is 11.4 Å². The van der Waals surface area contributed by atoms with Gasteiger partial charge in [-0.15, -0.1) is 0 Å². The van der Waals surface area contributed by atoms with Crippen LogP contribution in [0.2, 0.25) is 0 Å². The highest BCUT2D eigenvalue weighted by Crippen LogP contribution is 2.24. The van der Waals surface area contributed by atoms with E-state index in [0.717, 1.165) is 32.9 Å². The van der Waals surface area contributed by atoms with Crippen LogP contribution in [0, 0.1) is 0 Å². The van der Waals surface area contributed by atoms with Gasteiger partial charge in [-0.1, -0.05) is 54.6 Å². The molecule has 0 saturated carbocycles. The summed E-state index contributed by atoms with van der Waals surface area (Å²) in [6, 6.07) is 24.5. The second-order valence-electron chi connectivity index (χ2n) is 6.34. The molecule has 4 aromatic rings. The quantitative estimate of drug-likeness (QED) is 0.558. The van der Waals surface area contributed by atoms with Gasteiger partial charge < -0.3 is 4.74 Å². The number of rotatable bonds is 5. The first-order valence-corrected chi connectivity index (χ1v) is 10.1. The first-order valence-electron chi connectivity index (χ1n) is 8.61. The van der Waals surface area contributed by atoms with Crippen molar-refractivity contribution in [1.82, 2.24) is 4.72 Å². The van der Waals surface area contributed by atoms with Crippen molar-refractivity contribution < 1.29 is 13.2 Å². The molecule has 0 atom stereocenters. The summed E-state index contributed by atoms with van der Waals surface area (Å²) < 4.78 is 33.5. The van der Waals surface area contributed by atoms with Gasteiger partial charge in [-0.2, -0.15) is 0 Å². The van der Waals surface area contributed by atoms with Crippen molar-refractivity contribution in [3.05, 3.63) is 84.4 Å². The number of hydrogen-bond acceptors (Lipinski definition) is 3. The van der Waals surface area contributed by atoms with Crippen LogP contribution in [0.15, 0.2) is 83.8 Å². The van der Waals surface area contributed by atoms with E-state index >= 15 is 0 Å². The fraction of sp³-hybridized carbons (Fsp3) is 0.0909. The smallest absolute Gasteiger partial charge is 0.240 e. The van der Waals surface area contributed by atoms with Crippen molar-refractivity contribution in [2.24, 2.45) is 0 Å². The largest absolute Gasteiger partial charge is 0.497 e. The highest BCUT2D eigenvalue weighted by Gasteiger charge is 2.15. The summed E-state index contributed by atoms with van der Waals surface area (Å²) in [5.41, 5.74) is 0.946. The SMILES string of the molecule is COc1ccc2cc(S(=O)(=O)NCc3cccc4ccccc34)ccc2c1. The summed E-state index contributed by atoms with van der Waals surface area (Å²) in [4.78, 5) is 0.250. The molecule has 0 aliphatic rings. The molecule has 0 saturated heterocycles. The molecule has 4 rings (SSSR count). The van der Waals surface area contributed by atoms with Crippen molar-refractivity contribution in [3.63, 3.8) is 0 Å². The third-order valence-corrected chi connectivity index (χ3v) is 6.06. The topological polar surface area (TPSA) is 55.4 Å². The molecule has 0 aromatic heterocycles. The number of benzene rings is 4. The maximum atomic E-state index is 12.8. The van der Waals surface area contributed by atoms with Gasteiger partial charge in [-0.05, 0) is 51.4 Å². The molecule has 1 N–H and O–H groups in total. The van der Waals surface area contributed by atoms with Crippen LogP contribution >= 0.6 is 0 Å². The summed E-state index contributed by atoms with van der Waals surface area (Å²) in [6.45, 7) is 0.240. The molecule has 4 nitrogen and oxygen atoms in total.